The molecule has 12 heavy (non-hydrogen) atoms. The highest BCUT2D eigenvalue weighted by molar-refractivity contribution is 6.32. The molecule has 0 nitrogen and oxygen atoms in total. The van der Waals surface area contributed by atoms with E-state index in [9.17, 15) is 0 Å². The summed E-state index contributed by atoms with van der Waals surface area (Å²) in [7, 11) is 2.17. The molecule has 0 fully saturated rings. The Bertz CT molecular complexity index is 313. The molecule has 0 aliphatic heterocycles. The topological polar surface area (TPSA) is 0 Å². The van der Waals surface area contributed by atoms with Crippen molar-refractivity contribution in [2.45, 2.75) is 32.1 Å². The van der Waals surface area contributed by atoms with Gasteiger partial charge < -0.3 is 0 Å². The molecular weight excluding hydrogens is 143 g/mol. The van der Waals surface area contributed by atoms with Crippen molar-refractivity contribution in [3.8, 4) is 0 Å². The third-order valence-electron chi connectivity index (χ3n) is 3.01. The second-order valence-electron chi connectivity index (χ2n) is 4.54. The number of hydrogen-bond donors (Lipinski definition) is 0. The number of hydrogen-bond acceptors (Lipinski definition) is 0. The molecule has 0 amide bonds. The van der Waals surface area contributed by atoms with Gasteiger partial charge in [-0.15, -0.1) is 0 Å². The summed E-state index contributed by atoms with van der Waals surface area (Å²) in [5.41, 5.74) is 4.95. The Labute approximate surface area is 75.4 Å². The number of benzene rings is 1. The summed E-state index contributed by atoms with van der Waals surface area (Å²) >= 11 is 0. The Balaban J connectivity index is 2.55. The summed E-state index contributed by atoms with van der Waals surface area (Å²) in [4.78, 5) is 0. The van der Waals surface area contributed by atoms with Crippen LogP contribution in [0.3, 0.4) is 0 Å². The van der Waals surface area contributed by atoms with Crippen LogP contribution in [-0.2, 0) is 11.8 Å². The minimum atomic E-state index is 0.420. The zero-order valence-electron chi connectivity index (χ0n) is 8.15. The second-order valence-corrected chi connectivity index (χ2v) is 4.54. The van der Waals surface area contributed by atoms with E-state index >= 15 is 0 Å². The van der Waals surface area contributed by atoms with Gasteiger partial charge in [0.15, 0.2) is 0 Å². The van der Waals surface area contributed by atoms with Crippen LogP contribution < -0.4 is 5.46 Å². The predicted molar refractivity (Wildman–Crippen MR) is 56.0 cm³/mol. The lowest BCUT2D eigenvalue weighted by Crippen LogP contribution is -2.13. The van der Waals surface area contributed by atoms with Crippen LogP contribution in [0.4, 0.5) is 0 Å². The maximum atomic E-state index is 2.34. The SMILES string of the molecule is Bc1ccc2c(c1)CCC2(C)C. The first-order valence-corrected chi connectivity index (χ1v) is 4.70. The summed E-state index contributed by atoms with van der Waals surface area (Å²) in [6, 6.07) is 6.87. The van der Waals surface area contributed by atoms with E-state index in [4.69, 9.17) is 0 Å². The van der Waals surface area contributed by atoms with Crippen molar-refractivity contribution in [1.29, 1.82) is 0 Å². The van der Waals surface area contributed by atoms with Crippen molar-refractivity contribution in [2.24, 2.45) is 0 Å². The van der Waals surface area contributed by atoms with Crippen molar-refractivity contribution < 1.29 is 0 Å². The molecule has 0 bridgehead atoms. The molecule has 1 aliphatic rings. The highest BCUT2D eigenvalue weighted by atomic mass is 14.3. The van der Waals surface area contributed by atoms with Gasteiger partial charge in [0.25, 0.3) is 0 Å². The molecule has 1 heteroatoms. The average Bonchev–Trinajstić information content (AvgIpc) is 2.27. The highest BCUT2D eigenvalue weighted by Gasteiger charge is 2.28. The van der Waals surface area contributed by atoms with Crippen LogP contribution in [0.15, 0.2) is 18.2 Å². The smallest absolute Gasteiger partial charge is 0.0887 e. The third-order valence-corrected chi connectivity index (χ3v) is 3.01. The molecule has 0 saturated carbocycles. The van der Waals surface area contributed by atoms with E-state index in [2.05, 4.69) is 39.9 Å². The normalized spacial score (nSPS) is 19.2. The Hall–Kier alpha value is -0.715. The zero-order valence-corrected chi connectivity index (χ0v) is 8.15. The monoisotopic (exact) mass is 158 g/mol. The third kappa shape index (κ3) is 1.08. The summed E-state index contributed by atoms with van der Waals surface area (Å²) in [6.45, 7) is 4.68. The second kappa shape index (κ2) is 2.38. The molecular formula is C11H15B. The molecule has 0 atom stereocenters. The first kappa shape index (κ1) is 7.91. The molecule has 0 aromatic heterocycles. The minimum absolute atomic E-state index is 0.420. The fourth-order valence-electron chi connectivity index (χ4n) is 2.17. The molecule has 0 heterocycles. The summed E-state index contributed by atoms with van der Waals surface area (Å²) in [6.07, 6.45) is 2.58. The van der Waals surface area contributed by atoms with E-state index in [1.807, 2.05) is 0 Å². The van der Waals surface area contributed by atoms with Crippen molar-refractivity contribution >= 4 is 13.3 Å². The van der Waals surface area contributed by atoms with Crippen LogP contribution in [-0.4, -0.2) is 7.85 Å². The lowest BCUT2D eigenvalue weighted by molar-refractivity contribution is 0.522. The van der Waals surface area contributed by atoms with Gasteiger partial charge in [-0.1, -0.05) is 37.5 Å². The fraction of sp³-hybridized carbons (Fsp3) is 0.455. The quantitative estimate of drug-likeness (QED) is 0.497. The van der Waals surface area contributed by atoms with Crippen molar-refractivity contribution in [3.63, 3.8) is 0 Å². The van der Waals surface area contributed by atoms with Gasteiger partial charge in [0.05, 0.1) is 0 Å². The highest BCUT2D eigenvalue weighted by Crippen LogP contribution is 2.37. The maximum absolute atomic E-state index is 2.34. The summed E-state index contributed by atoms with van der Waals surface area (Å²) in [5.74, 6) is 0. The molecule has 1 aliphatic carbocycles. The van der Waals surface area contributed by atoms with Crippen molar-refractivity contribution in [1.82, 2.24) is 0 Å². The number of fused-ring (bicyclic) bond motifs is 1. The Morgan fingerprint density at radius 2 is 2.08 bits per heavy atom. The predicted octanol–water partition coefficient (Wildman–Crippen LogP) is 1.17. The first-order chi connectivity index (χ1) is 5.59. The van der Waals surface area contributed by atoms with Crippen molar-refractivity contribution in [3.05, 3.63) is 29.3 Å². The van der Waals surface area contributed by atoms with Gasteiger partial charge in [-0.2, -0.15) is 0 Å². The molecule has 1 aromatic carbocycles. The van der Waals surface area contributed by atoms with Gasteiger partial charge >= 0.3 is 0 Å². The molecule has 1 aromatic rings. The number of rotatable bonds is 0. The molecule has 2 rings (SSSR count). The van der Waals surface area contributed by atoms with E-state index in [1.54, 1.807) is 11.1 Å². The van der Waals surface area contributed by atoms with E-state index in [0.717, 1.165) is 0 Å². The fourth-order valence-corrected chi connectivity index (χ4v) is 2.17. The van der Waals surface area contributed by atoms with E-state index < -0.39 is 0 Å². The average molecular weight is 158 g/mol. The molecule has 0 radical (unpaired) electrons. The summed E-state index contributed by atoms with van der Waals surface area (Å²) in [5, 5.41) is 0. The first-order valence-electron chi connectivity index (χ1n) is 4.70. The van der Waals surface area contributed by atoms with Crippen LogP contribution in [0.5, 0.6) is 0 Å². The maximum Gasteiger partial charge on any atom is 0.139 e. The summed E-state index contributed by atoms with van der Waals surface area (Å²) < 4.78 is 0. The van der Waals surface area contributed by atoms with E-state index in [1.165, 1.54) is 18.3 Å². The Morgan fingerprint density at radius 1 is 1.33 bits per heavy atom. The molecule has 62 valence electrons. The molecule has 0 saturated heterocycles. The molecule has 0 unspecified atom stereocenters. The van der Waals surface area contributed by atoms with Gasteiger partial charge in [-0.3, -0.25) is 0 Å². The minimum Gasteiger partial charge on any atom is -0.0887 e. The van der Waals surface area contributed by atoms with Crippen molar-refractivity contribution in [2.75, 3.05) is 0 Å². The van der Waals surface area contributed by atoms with Crippen LogP contribution in [0.2, 0.25) is 0 Å². The Morgan fingerprint density at radius 3 is 2.83 bits per heavy atom. The van der Waals surface area contributed by atoms with Crippen LogP contribution in [0, 0.1) is 0 Å². The van der Waals surface area contributed by atoms with Gasteiger partial charge in [-0.25, -0.2) is 0 Å². The van der Waals surface area contributed by atoms with Crippen LogP contribution in [0.1, 0.15) is 31.4 Å². The van der Waals surface area contributed by atoms with Gasteiger partial charge in [0, 0.05) is 0 Å². The standard InChI is InChI=1S/C11H15B/c1-11(2)6-5-8-7-9(12)3-4-10(8)11/h3-4,7H,5-6,12H2,1-2H3. The molecule has 0 N–H and O–H groups in total. The number of aryl methyl sites for hydroxylation is 1. The Kier molecular flexibility index (Phi) is 1.57. The van der Waals surface area contributed by atoms with Crippen LogP contribution >= 0.6 is 0 Å². The lowest BCUT2D eigenvalue weighted by Gasteiger charge is -2.18. The van der Waals surface area contributed by atoms with E-state index in [-0.39, 0.29) is 0 Å². The largest absolute Gasteiger partial charge is 0.139 e. The van der Waals surface area contributed by atoms with Crippen LogP contribution in [0.25, 0.3) is 0 Å². The van der Waals surface area contributed by atoms with Gasteiger partial charge in [0.2, 0.25) is 0 Å². The molecule has 0 spiro atoms. The van der Waals surface area contributed by atoms with E-state index in [0.29, 0.717) is 5.41 Å². The van der Waals surface area contributed by atoms with Gasteiger partial charge in [0.1, 0.15) is 7.85 Å². The lowest BCUT2D eigenvalue weighted by atomic mass is 9.84. The zero-order chi connectivity index (χ0) is 8.77. The van der Waals surface area contributed by atoms with Gasteiger partial charge in [-0.05, 0) is 29.4 Å².